The molecule has 24 heavy (non-hydrogen) atoms. The van der Waals surface area contributed by atoms with E-state index in [2.05, 4.69) is 39.4 Å². The predicted octanol–water partition coefficient (Wildman–Crippen LogP) is 4.69. The fourth-order valence-corrected chi connectivity index (χ4v) is 2.74. The molecule has 0 saturated carbocycles. The van der Waals surface area contributed by atoms with Crippen LogP contribution in [-0.2, 0) is 11.2 Å². The maximum Gasteiger partial charge on any atom is 0.222 e. The first-order chi connectivity index (χ1) is 11.5. The Morgan fingerprint density at radius 2 is 1.92 bits per heavy atom. The molecule has 0 aliphatic rings. The maximum absolute atomic E-state index is 11.6. The molecule has 2 rings (SSSR count). The highest BCUT2D eigenvalue weighted by molar-refractivity contribution is 9.10. The van der Waals surface area contributed by atoms with Crippen molar-refractivity contribution in [2.75, 3.05) is 6.54 Å². The van der Waals surface area contributed by atoms with Gasteiger partial charge in [-0.2, -0.15) is 5.26 Å². The Morgan fingerprint density at radius 3 is 2.54 bits per heavy atom. The minimum Gasteiger partial charge on any atom is -0.356 e. The van der Waals surface area contributed by atoms with E-state index in [1.54, 1.807) is 0 Å². The highest BCUT2D eigenvalue weighted by Crippen LogP contribution is 2.27. The van der Waals surface area contributed by atoms with Gasteiger partial charge in [0.1, 0.15) is 0 Å². The van der Waals surface area contributed by atoms with E-state index < -0.39 is 0 Å². The summed E-state index contributed by atoms with van der Waals surface area (Å²) in [5, 5.41) is 12.1. The largest absolute Gasteiger partial charge is 0.356 e. The SMILES string of the molecule is CC(C)C(=O)NCCCc1cc(C#N)ccc1-c1ccc(Br)cc1. The normalized spacial score (nSPS) is 10.5. The smallest absolute Gasteiger partial charge is 0.222 e. The molecule has 0 aliphatic carbocycles. The van der Waals surface area contributed by atoms with Gasteiger partial charge in [0.05, 0.1) is 11.6 Å². The number of carbonyl (C=O) groups excluding carboxylic acids is 1. The third kappa shape index (κ3) is 4.94. The van der Waals surface area contributed by atoms with Crippen molar-refractivity contribution in [2.24, 2.45) is 5.92 Å². The molecule has 0 aromatic heterocycles. The van der Waals surface area contributed by atoms with Crippen LogP contribution in [0.5, 0.6) is 0 Å². The highest BCUT2D eigenvalue weighted by atomic mass is 79.9. The summed E-state index contributed by atoms with van der Waals surface area (Å²) in [6.07, 6.45) is 1.66. The molecule has 0 spiro atoms. The van der Waals surface area contributed by atoms with E-state index in [4.69, 9.17) is 5.26 Å². The second-order valence-electron chi connectivity index (χ2n) is 6.04. The van der Waals surface area contributed by atoms with E-state index in [-0.39, 0.29) is 11.8 Å². The van der Waals surface area contributed by atoms with Gasteiger partial charge in [-0.15, -0.1) is 0 Å². The van der Waals surface area contributed by atoms with E-state index in [9.17, 15) is 4.79 Å². The van der Waals surface area contributed by atoms with Gasteiger partial charge in [0.2, 0.25) is 5.91 Å². The summed E-state index contributed by atoms with van der Waals surface area (Å²) in [7, 11) is 0. The predicted molar refractivity (Wildman–Crippen MR) is 100 cm³/mol. The molecule has 0 atom stereocenters. The summed E-state index contributed by atoms with van der Waals surface area (Å²) in [6, 6.07) is 16.2. The summed E-state index contributed by atoms with van der Waals surface area (Å²) in [5.41, 5.74) is 4.06. The Balaban J connectivity index is 2.13. The summed E-state index contributed by atoms with van der Waals surface area (Å²) >= 11 is 3.45. The lowest BCUT2D eigenvalue weighted by Gasteiger charge is -2.12. The van der Waals surface area contributed by atoms with Crippen LogP contribution >= 0.6 is 15.9 Å². The molecule has 2 aromatic rings. The standard InChI is InChI=1S/C20H21BrN2O/c1-14(2)20(24)23-11-3-4-17-12-15(13-22)5-10-19(17)16-6-8-18(21)9-7-16/h5-10,12,14H,3-4,11H2,1-2H3,(H,23,24). The Bertz CT molecular complexity index is 745. The summed E-state index contributed by atoms with van der Waals surface area (Å²) in [5.74, 6) is 0.0825. The number of halogens is 1. The molecule has 0 radical (unpaired) electrons. The monoisotopic (exact) mass is 384 g/mol. The fraction of sp³-hybridized carbons (Fsp3) is 0.300. The Morgan fingerprint density at radius 1 is 1.21 bits per heavy atom. The van der Waals surface area contributed by atoms with Gasteiger partial charge in [-0.3, -0.25) is 4.79 Å². The van der Waals surface area contributed by atoms with Gasteiger partial charge in [-0.05, 0) is 53.8 Å². The Labute approximate surface area is 151 Å². The lowest BCUT2D eigenvalue weighted by Crippen LogP contribution is -2.28. The Hall–Kier alpha value is -2.12. The number of benzene rings is 2. The highest BCUT2D eigenvalue weighted by Gasteiger charge is 2.08. The number of hydrogen-bond acceptors (Lipinski definition) is 2. The molecule has 1 N–H and O–H groups in total. The van der Waals surface area contributed by atoms with Crippen LogP contribution in [0.3, 0.4) is 0 Å². The first kappa shape index (κ1) is 18.2. The number of nitrogens with one attached hydrogen (secondary N) is 1. The van der Waals surface area contributed by atoms with Crippen molar-refractivity contribution in [1.29, 1.82) is 5.26 Å². The van der Waals surface area contributed by atoms with Gasteiger partial charge in [0.15, 0.2) is 0 Å². The van der Waals surface area contributed by atoms with E-state index >= 15 is 0 Å². The minimum atomic E-state index is 0.00485. The summed E-state index contributed by atoms with van der Waals surface area (Å²) in [6.45, 7) is 4.42. The van der Waals surface area contributed by atoms with E-state index in [1.165, 1.54) is 0 Å². The van der Waals surface area contributed by atoms with Crippen molar-refractivity contribution < 1.29 is 4.79 Å². The molecule has 0 aliphatic heterocycles. The van der Waals surface area contributed by atoms with Gasteiger partial charge >= 0.3 is 0 Å². The average molecular weight is 385 g/mol. The van der Waals surface area contributed by atoms with Crippen molar-refractivity contribution in [2.45, 2.75) is 26.7 Å². The third-order valence-corrected chi connectivity index (χ3v) is 4.36. The van der Waals surface area contributed by atoms with Crippen molar-refractivity contribution in [1.82, 2.24) is 5.32 Å². The number of nitriles is 1. The molecule has 0 fully saturated rings. The average Bonchev–Trinajstić information content (AvgIpc) is 2.59. The number of nitrogens with zero attached hydrogens (tertiary/aromatic N) is 1. The molecular weight excluding hydrogens is 364 g/mol. The van der Waals surface area contributed by atoms with Crippen molar-refractivity contribution in [3.8, 4) is 17.2 Å². The van der Waals surface area contributed by atoms with Crippen LogP contribution in [0, 0.1) is 17.2 Å². The first-order valence-electron chi connectivity index (χ1n) is 8.08. The lowest BCUT2D eigenvalue weighted by molar-refractivity contribution is -0.123. The molecular formula is C20H21BrN2O. The first-order valence-corrected chi connectivity index (χ1v) is 8.87. The second kappa shape index (κ2) is 8.65. The molecule has 0 bridgehead atoms. The number of hydrogen-bond donors (Lipinski definition) is 1. The quantitative estimate of drug-likeness (QED) is 0.734. The van der Waals surface area contributed by atoms with Gasteiger partial charge in [-0.25, -0.2) is 0 Å². The van der Waals surface area contributed by atoms with Gasteiger partial charge in [-0.1, -0.05) is 48.0 Å². The van der Waals surface area contributed by atoms with Crippen LogP contribution in [0.25, 0.3) is 11.1 Å². The van der Waals surface area contributed by atoms with Crippen LogP contribution in [-0.4, -0.2) is 12.5 Å². The van der Waals surface area contributed by atoms with Crippen LogP contribution in [0.1, 0.15) is 31.4 Å². The topological polar surface area (TPSA) is 52.9 Å². The number of amides is 1. The van der Waals surface area contributed by atoms with Crippen LogP contribution in [0.4, 0.5) is 0 Å². The molecule has 2 aromatic carbocycles. The lowest BCUT2D eigenvalue weighted by atomic mass is 9.95. The number of rotatable bonds is 6. The molecule has 4 heteroatoms. The second-order valence-corrected chi connectivity index (χ2v) is 6.96. The van der Waals surface area contributed by atoms with Crippen LogP contribution < -0.4 is 5.32 Å². The molecule has 0 heterocycles. The molecule has 0 unspecified atom stereocenters. The van der Waals surface area contributed by atoms with Gasteiger partial charge in [0, 0.05) is 16.9 Å². The van der Waals surface area contributed by atoms with E-state index in [1.807, 2.05) is 44.2 Å². The molecule has 1 amide bonds. The van der Waals surface area contributed by atoms with Crippen LogP contribution in [0.15, 0.2) is 46.9 Å². The number of carbonyl (C=O) groups is 1. The van der Waals surface area contributed by atoms with E-state index in [0.717, 1.165) is 34.0 Å². The number of aryl methyl sites for hydroxylation is 1. The van der Waals surface area contributed by atoms with Crippen molar-refractivity contribution >= 4 is 21.8 Å². The fourth-order valence-electron chi connectivity index (χ4n) is 2.48. The maximum atomic E-state index is 11.6. The zero-order valence-electron chi connectivity index (χ0n) is 14.0. The zero-order chi connectivity index (χ0) is 17.5. The Kier molecular flexibility index (Phi) is 6.57. The molecule has 124 valence electrons. The van der Waals surface area contributed by atoms with Crippen LogP contribution in [0.2, 0.25) is 0 Å². The summed E-state index contributed by atoms with van der Waals surface area (Å²) in [4.78, 5) is 11.6. The van der Waals surface area contributed by atoms with E-state index in [0.29, 0.717) is 12.1 Å². The third-order valence-electron chi connectivity index (χ3n) is 3.84. The molecule has 0 saturated heterocycles. The van der Waals surface area contributed by atoms with Crippen molar-refractivity contribution in [3.05, 3.63) is 58.1 Å². The zero-order valence-corrected chi connectivity index (χ0v) is 15.6. The van der Waals surface area contributed by atoms with Gasteiger partial charge in [0.25, 0.3) is 0 Å². The molecule has 3 nitrogen and oxygen atoms in total. The summed E-state index contributed by atoms with van der Waals surface area (Å²) < 4.78 is 1.04. The van der Waals surface area contributed by atoms with Gasteiger partial charge < -0.3 is 5.32 Å². The van der Waals surface area contributed by atoms with Crippen molar-refractivity contribution in [3.63, 3.8) is 0 Å². The minimum absolute atomic E-state index is 0.00485.